The normalized spacial score (nSPS) is 22.3. The first-order chi connectivity index (χ1) is 4.33. The molecule has 0 spiro atoms. The summed E-state index contributed by atoms with van der Waals surface area (Å²) in [6.45, 7) is 1.07. The Labute approximate surface area is 67.0 Å². The number of amides is 1. The lowest BCUT2D eigenvalue weighted by Crippen LogP contribution is -2.45. The van der Waals surface area contributed by atoms with Crippen molar-refractivity contribution in [1.82, 2.24) is 10.6 Å². The zero-order valence-corrected chi connectivity index (χ0v) is 6.83. The van der Waals surface area contributed by atoms with Gasteiger partial charge >= 0.3 is 0 Å². The maximum Gasteiger partial charge on any atom is 0.221 e. The quantitative estimate of drug-likeness (QED) is 0.599. The third-order valence-corrected chi connectivity index (χ3v) is 1.64. The Morgan fingerprint density at radius 1 is 1.80 bits per heavy atom. The lowest BCUT2D eigenvalue weighted by Gasteiger charge is -2.26. The molecule has 0 bridgehead atoms. The van der Waals surface area contributed by atoms with E-state index in [0.717, 1.165) is 13.0 Å². The molecule has 10 heavy (non-hydrogen) atoms. The molecule has 0 aromatic carbocycles. The van der Waals surface area contributed by atoms with E-state index in [-0.39, 0.29) is 18.3 Å². The van der Waals surface area contributed by atoms with Crippen LogP contribution in [0.3, 0.4) is 0 Å². The van der Waals surface area contributed by atoms with Gasteiger partial charge < -0.3 is 10.6 Å². The van der Waals surface area contributed by atoms with Crippen LogP contribution in [0.15, 0.2) is 0 Å². The van der Waals surface area contributed by atoms with Crippen LogP contribution in [0.25, 0.3) is 0 Å². The minimum absolute atomic E-state index is 0. The smallest absolute Gasteiger partial charge is 0.221 e. The van der Waals surface area contributed by atoms with Crippen LogP contribution >= 0.6 is 12.4 Å². The van der Waals surface area contributed by atoms with Crippen LogP contribution in [0.2, 0.25) is 0 Å². The second-order valence-corrected chi connectivity index (χ2v) is 2.32. The minimum atomic E-state index is 0. The number of rotatable bonds is 2. The van der Waals surface area contributed by atoms with Crippen LogP contribution in [0.4, 0.5) is 0 Å². The van der Waals surface area contributed by atoms with Gasteiger partial charge in [-0.15, -0.1) is 12.4 Å². The van der Waals surface area contributed by atoms with Crippen LogP contribution in [0, 0.1) is 0 Å². The molecule has 0 radical (unpaired) electrons. The molecule has 4 heteroatoms. The summed E-state index contributed by atoms with van der Waals surface area (Å²) in [5.41, 5.74) is 0. The topological polar surface area (TPSA) is 41.1 Å². The van der Waals surface area contributed by atoms with Crippen LogP contribution in [-0.2, 0) is 4.79 Å². The van der Waals surface area contributed by atoms with Crippen molar-refractivity contribution in [2.45, 2.75) is 18.9 Å². The van der Waals surface area contributed by atoms with Gasteiger partial charge in [0, 0.05) is 19.5 Å². The van der Waals surface area contributed by atoms with E-state index in [2.05, 4.69) is 10.6 Å². The Kier molecular flexibility index (Phi) is 4.40. The Morgan fingerprint density at radius 3 is 2.70 bits per heavy atom. The Hall–Kier alpha value is -0.280. The molecular formula is C6H13ClN2O. The number of hydrogen-bond donors (Lipinski definition) is 2. The molecule has 0 saturated carbocycles. The largest absolute Gasteiger partial charge is 0.359 e. The van der Waals surface area contributed by atoms with Crippen molar-refractivity contribution >= 4 is 18.3 Å². The molecule has 3 nitrogen and oxygen atoms in total. The third-order valence-electron chi connectivity index (χ3n) is 1.64. The highest BCUT2D eigenvalue weighted by molar-refractivity contribution is 5.85. The molecule has 60 valence electrons. The monoisotopic (exact) mass is 164 g/mol. The SMILES string of the molecule is CNC(=O)C[C@@H]1CCN1.Cl. The van der Waals surface area contributed by atoms with Gasteiger partial charge in [-0.2, -0.15) is 0 Å². The highest BCUT2D eigenvalue weighted by Gasteiger charge is 2.18. The van der Waals surface area contributed by atoms with Crippen LogP contribution in [0.1, 0.15) is 12.8 Å². The highest BCUT2D eigenvalue weighted by Crippen LogP contribution is 2.05. The van der Waals surface area contributed by atoms with Gasteiger partial charge in [0.2, 0.25) is 5.91 Å². The van der Waals surface area contributed by atoms with Gasteiger partial charge in [0.05, 0.1) is 0 Å². The number of nitrogens with one attached hydrogen (secondary N) is 2. The summed E-state index contributed by atoms with van der Waals surface area (Å²) in [5.74, 6) is 0.132. The van der Waals surface area contributed by atoms with E-state index >= 15 is 0 Å². The van der Waals surface area contributed by atoms with Crippen molar-refractivity contribution in [2.75, 3.05) is 13.6 Å². The Bertz CT molecular complexity index is 114. The van der Waals surface area contributed by atoms with Gasteiger partial charge in [0.1, 0.15) is 0 Å². The van der Waals surface area contributed by atoms with Gasteiger partial charge in [-0.3, -0.25) is 4.79 Å². The van der Waals surface area contributed by atoms with Crippen molar-refractivity contribution in [2.24, 2.45) is 0 Å². The predicted molar refractivity (Wildman–Crippen MR) is 42.3 cm³/mol. The zero-order chi connectivity index (χ0) is 6.69. The molecule has 1 saturated heterocycles. The van der Waals surface area contributed by atoms with Gasteiger partial charge in [-0.05, 0) is 13.0 Å². The molecule has 1 aliphatic heterocycles. The van der Waals surface area contributed by atoms with Crippen molar-refractivity contribution in [3.8, 4) is 0 Å². The zero-order valence-electron chi connectivity index (χ0n) is 6.02. The highest BCUT2D eigenvalue weighted by atomic mass is 35.5. The summed E-state index contributed by atoms with van der Waals surface area (Å²) >= 11 is 0. The van der Waals surface area contributed by atoms with E-state index in [4.69, 9.17) is 0 Å². The first kappa shape index (κ1) is 9.72. The van der Waals surface area contributed by atoms with E-state index in [1.807, 2.05) is 0 Å². The van der Waals surface area contributed by atoms with E-state index in [9.17, 15) is 4.79 Å². The maximum absolute atomic E-state index is 10.7. The fourth-order valence-corrected chi connectivity index (χ4v) is 0.849. The second-order valence-electron chi connectivity index (χ2n) is 2.32. The van der Waals surface area contributed by atoms with Crippen LogP contribution in [0.5, 0.6) is 0 Å². The summed E-state index contributed by atoms with van der Waals surface area (Å²) in [7, 11) is 1.67. The third kappa shape index (κ3) is 2.54. The molecule has 1 atom stereocenters. The summed E-state index contributed by atoms with van der Waals surface area (Å²) < 4.78 is 0. The summed E-state index contributed by atoms with van der Waals surface area (Å²) in [6.07, 6.45) is 1.78. The fourth-order valence-electron chi connectivity index (χ4n) is 0.849. The average molecular weight is 165 g/mol. The number of hydrogen-bond acceptors (Lipinski definition) is 2. The molecule has 0 aromatic heterocycles. The van der Waals surface area contributed by atoms with E-state index < -0.39 is 0 Å². The fraction of sp³-hybridized carbons (Fsp3) is 0.833. The van der Waals surface area contributed by atoms with Crippen LogP contribution < -0.4 is 10.6 Å². The van der Waals surface area contributed by atoms with Gasteiger partial charge in [0.15, 0.2) is 0 Å². The first-order valence-corrected chi connectivity index (χ1v) is 3.27. The van der Waals surface area contributed by atoms with Gasteiger partial charge in [0.25, 0.3) is 0 Å². The van der Waals surface area contributed by atoms with E-state index in [1.54, 1.807) is 7.05 Å². The molecule has 1 fully saturated rings. The molecule has 1 amide bonds. The van der Waals surface area contributed by atoms with Crippen molar-refractivity contribution < 1.29 is 4.79 Å². The summed E-state index contributed by atoms with van der Waals surface area (Å²) in [6, 6.07) is 0.449. The molecule has 0 aromatic rings. The van der Waals surface area contributed by atoms with Crippen molar-refractivity contribution in [3.05, 3.63) is 0 Å². The number of carbonyl (C=O) groups is 1. The molecule has 1 rings (SSSR count). The summed E-state index contributed by atoms with van der Waals surface area (Å²) in [4.78, 5) is 10.7. The average Bonchev–Trinajstić information content (AvgIpc) is 1.78. The van der Waals surface area contributed by atoms with Crippen molar-refractivity contribution in [3.63, 3.8) is 0 Å². The van der Waals surface area contributed by atoms with E-state index in [1.165, 1.54) is 0 Å². The summed E-state index contributed by atoms with van der Waals surface area (Å²) in [5, 5.41) is 5.74. The predicted octanol–water partition coefficient (Wildman–Crippen LogP) is -0.0938. The molecular weight excluding hydrogens is 152 g/mol. The van der Waals surface area contributed by atoms with Gasteiger partial charge in [-0.25, -0.2) is 0 Å². The minimum Gasteiger partial charge on any atom is -0.359 e. The maximum atomic E-state index is 10.7. The molecule has 0 unspecified atom stereocenters. The molecule has 1 heterocycles. The van der Waals surface area contributed by atoms with Crippen LogP contribution in [-0.4, -0.2) is 25.5 Å². The Morgan fingerprint density at radius 2 is 2.40 bits per heavy atom. The lowest BCUT2D eigenvalue weighted by atomic mass is 10.0. The Balaban J connectivity index is 0.000000810. The second kappa shape index (κ2) is 4.52. The lowest BCUT2D eigenvalue weighted by molar-refractivity contribution is -0.121. The molecule has 1 aliphatic rings. The molecule has 2 N–H and O–H groups in total. The van der Waals surface area contributed by atoms with Crippen molar-refractivity contribution in [1.29, 1.82) is 0 Å². The van der Waals surface area contributed by atoms with Gasteiger partial charge in [-0.1, -0.05) is 0 Å². The molecule has 0 aliphatic carbocycles. The standard InChI is InChI=1S/C6H12N2O.ClH/c1-7-6(9)4-5-2-3-8-5;/h5,8H,2-4H2,1H3,(H,7,9);1H/t5-;/m0./s1. The number of halogens is 1. The van der Waals surface area contributed by atoms with E-state index in [0.29, 0.717) is 12.5 Å². The number of carbonyl (C=O) groups excluding carboxylic acids is 1. The first-order valence-electron chi connectivity index (χ1n) is 3.27.